The van der Waals surface area contributed by atoms with Gasteiger partial charge in [0.05, 0.1) is 11.7 Å². The molecular formula is C20H36N6O2. The highest BCUT2D eigenvalue weighted by Gasteiger charge is 2.32. The largest absolute Gasteiger partial charge is 0.402 e. The third kappa shape index (κ3) is 6.24. The van der Waals surface area contributed by atoms with E-state index < -0.39 is 5.91 Å². The maximum absolute atomic E-state index is 12.5. The predicted octanol–water partition coefficient (Wildman–Crippen LogP) is 0.935. The van der Waals surface area contributed by atoms with Crippen LogP contribution in [0.3, 0.4) is 0 Å². The Morgan fingerprint density at radius 1 is 1.14 bits per heavy atom. The van der Waals surface area contributed by atoms with E-state index in [0.717, 1.165) is 13.0 Å². The summed E-state index contributed by atoms with van der Waals surface area (Å²) in [6.45, 7) is 4.61. The molecule has 2 atom stereocenters. The summed E-state index contributed by atoms with van der Waals surface area (Å²) in [4.78, 5) is 18.3. The number of amidine groups is 1. The zero-order chi connectivity index (χ0) is 20.7. The van der Waals surface area contributed by atoms with Crippen LogP contribution in [0.25, 0.3) is 0 Å². The van der Waals surface area contributed by atoms with Crippen molar-refractivity contribution in [2.24, 2.45) is 22.2 Å². The third-order valence-corrected chi connectivity index (χ3v) is 5.41. The molecule has 2 aliphatic rings. The Bertz CT molecular complexity index is 629. The molecular weight excluding hydrogens is 356 g/mol. The van der Waals surface area contributed by atoms with Crippen molar-refractivity contribution in [2.75, 3.05) is 20.2 Å². The van der Waals surface area contributed by atoms with Crippen LogP contribution in [0.1, 0.15) is 52.4 Å². The first-order valence-corrected chi connectivity index (χ1v) is 10.1. The Balaban J connectivity index is 2.14. The van der Waals surface area contributed by atoms with E-state index in [1.807, 2.05) is 4.90 Å². The van der Waals surface area contributed by atoms with E-state index in [0.29, 0.717) is 24.1 Å². The second kappa shape index (κ2) is 10.5. The number of ether oxygens (including phenoxy) is 1. The van der Waals surface area contributed by atoms with E-state index in [1.54, 1.807) is 27.0 Å². The van der Waals surface area contributed by atoms with Gasteiger partial charge in [-0.1, -0.05) is 19.3 Å². The van der Waals surface area contributed by atoms with Crippen LogP contribution in [-0.4, -0.2) is 55.0 Å². The third-order valence-electron chi connectivity index (χ3n) is 5.41. The molecule has 2 fully saturated rings. The van der Waals surface area contributed by atoms with E-state index in [2.05, 4.69) is 10.3 Å². The molecule has 7 N–H and O–H groups in total. The van der Waals surface area contributed by atoms with Crippen molar-refractivity contribution in [3.8, 4) is 0 Å². The lowest BCUT2D eigenvalue weighted by Gasteiger charge is -2.41. The van der Waals surface area contributed by atoms with Crippen molar-refractivity contribution in [1.82, 2.24) is 10.2 Å². The fraction of sp³-hybridized carbons (Fsp3) is 0.700. The molecule has 1 aliphatic heterocycles. The van der Waals surface area contributed by atoms with Crippen LogP contribution in [-0.2, 0) is 9.53 Å². The number of hydrogen-bond donors (Lipinski definition) is 4. The Hall–Kier alpha value is -2.06. The van der Waals surface area contributed by atoms with E-state index in [9.17, 15) is 4.79 Å². The van der Waals surface area contributed by atoms with E-state index in [1.165, 1.54) is 32.1 Å². The number of amides is 1. The van der Waals surface area contributed by atoms with Crippen molar-refractivity contribution >= 4 is 11.7 Å². The number of rotatable bonds is 6. The average molecular weight is 393 g/mol. The second-order valence-electron chi connectivity index (χ2n) is 7.86. The molecule has 1 saturated heterocycles. The zero-order valence-electron chi connectivity index (χ0n) is 17.4. The van der Waals surface area contributed by atoms with Gasteiger partial charge < -0.3 is 32.2 Å². The molecule has 1 saturated carbocycles. The molecule has 0 bridgehead atoms. The molecule has 158 valence electrons. The summed E-state index contributed by atoms with van der Waals surface area (Å²) >= 11 is 0. The van der Waals surface area contributed by atoms with Crippen molar-refractivity contribution in [2.45, 2.75) is 70.6 Å². The fourth-order valence-corrected chi connectivity index (χ4v) is 4.00. The molecule has 1 heterocycles. The SMILES string of the molecule is COC1CN(/C(N)=C(/C=C(/C)N)C(=O)N=C(C)N)CCC1NC1CCCCC1. The van der Waals surface area contributed by atoms with Gasteiger partial charge in [-0.15, -0.1) is 0 Å². The predicted molar refractivity (Wildman–Crippen MR) is 112 cm³/mol. The van der Waals surface area contributed by atoms with Crippen LogP contribution in [0.5, 0.6) is 0 Å². The molecule has 0 radical (unpaired) electrons. The average Bonchev–Trinajstić information content (AvgIpc) is 2.66. The number of nitrogens with two attached hydrogens (primary N) is 3. The molecule has 0 aromatic carbocycles. The Morgan fingerprint density at radius 3 is 2.39 bits per heavy atom. The molecule has 2 rings (SSSR count). The first-order valence-electron chi connectivity index (χ1n) is 10.1. The minimum Gasteiger partial charge on any atom is -0.402 e. The van der Waals surface area contributed by atoms with Crippen LogP contribution in [0.4, 0.5) is 0 Å². The number of hydrogen-bond acceptors (Lipinski definition) is 6. The summed E-state index contributed by atoms with van der Waals surface area (Å²) in [6, 6.07) is 0.852. The molecule has 0 aromatic heterocycles. The molecule has 1 aliphatic carbocycles. The smallest absolute Gasteiger partial charge is 0.282 e. The number of nitrogens with one attached hydrogen (secondary N) is 1. The molecule has 1 amide bonds. The van der Waals surface area contributed by atoms with Gasteiger partial charge >= 0.3 is 0 Å². The van der Waals surface area contributed by atoms with E-state index >= 15 is 0 Å². The first-order chi connectivity index (χ1) is 13.3. The lowest BCUT2D eigenvalue weighted by Crippen LogP contribution is -2.56. The number of aliphatic imine (C=N–C) groups is 1. The number of piperidine rings is 1. The summed E-state index contributed by atoms with van der Waals surface area (Å²) in [5.74, 6) is 0.0558. The molecule has 0 aromatic rings. The fourth-order valence-electron chi connectivity index (χ4n) is 4.00. The highest BCUT2D eigenvalue weighted by atomic mass is 16.5. The number of likely N-dealkylation sites (tertiary alicyclic amines) is 1. The monoisotopic (exact) mass is 392 g/mol. The summed E-state index contributed by atoms with van der Waals surface area (Å²) in [6.07, 6.45) is 8.82. The second-order valence-corrected chi connectivity index (χ2v) is 7.86. The molecule has 2 unspecified atom stereocenters. The van der Waals surface area contributed by atoms with Crippen LogP contribution in [0.2, 0.25) is 0 Å². The van der Waals surface area contributed by atoms with Gasteiger partial charge in [0.15, 0.2) is 0 Å². The van der Waals surface area contributed by atoms with Crippen LogP contribution in [0, 0.1) is 0 Å². The Morgan fingerprint density at radius 2 is 1.82 bits per heavy atom. The minimum atomic E-state index is -0.487. The molecule has 8 nitrogen and oxygen atoms in total. The maximum Gasteiger partial charge on any atom is 0.282 e. The van der Waals surface area contributed by atoms with Gasteiger partial charge in [-0.25, -0.2) is 0 Å². The van der Waals surface area contributed by atoms with E-state index in [4.69, 9.17) is 21.9 Å². The Kier molecular flexibility index (Phi) is 8.32. The van der Waals surface area contributed by atoms with Crippen LogP contribution >= 0.6 is 0 Å². The van der Waals surface area contributed by atoms with Gasteiger partial charge in [0.2, 0.25) is 0 Å². The van der Waals surface area contributed by atoms with Gasteiger partial charge in [-0.05, 0) is 39.2 Å². The molecule has 0 spiro atoms. The number of carbonyl (C=O) groups is 1. The Labute approximate surface area is 168 Å². The quantitative estimate of drug-likeness (QED) is 0.229. The molecule has 8 heteroatoms. The van der Waals surface area contributed by atoms with Gasteiger partial charge in [0.25, 0.3) is 5.91 Å². The highest BCUT2D eigenvalue weighted by Crippen LogP contribution is 2.23. The molecule has 28 heavy (non-hydrogen) atoms. The summed E-state index contributed by atoms with van der Waals surface area (Å²) in [7, 11) is 1.72. The number of allylic oxidation sites excluding steroid dienone is 1. The lowest BCUT2D eigenvalue weighted by atomic mass is 9.92. The number of nitrogens with zero attached hydrogens (tertiary/aromatic N) is 2. The van der Waals surface area contributed by atoms with Crippen LogP contribution in [0.15, 0.2) is 28.2 Å². The van der Waals surface area contributed by atoms with Crippen molar-refractivity contribution in [3.63, 3.8) is 0 Å². The summed E-state index contributed by atoms with van der Waals surface area (Å²) in [5.41, 5.74) is 18.5. The van der Waals surface area contributed by atoms with Gasteiger partial charge in [0, 0.05) is 38.0 Å². The maximum atomic E-state index is 12.5. The standard InChI is InChI=1S/C20H36N6O2/c1-13(21)11-16(20(27)24-14(2)22)19(23)26-10-9-17(18(12-26)28-3)25-15-7-5-4-6-8-15/h11,15,17-18,25H,4-10,12,21,23H2,1-3H3,(H2,22,24,27)/b13-11-,19-16-. The number of carbonyl (C=O) groups excluding carboxylic acids is 1. The normalized spacial score (nSPS) is 26.2. The zero-order valence-corrected chi connectivity index (χ0v) is 17.4. The van der Waals surface area contributed by atoms with Gasteiger partial charge in [0.1, 0.15) is 11.7 Å². The van der Waals surface area contributed by atoms with Gasteiger partial charge in [-0.2, -0.15) is 4.99 Å². The van der Waals surface area contributed by atoms with Gasteiger partial charge in [-0.3, -0.25) is 4.79 Å². The van der Waals surface area contributed by atoms with Crippen LogP contribution < -0.4 is 22.5 Å². The van der Waals surface area contributed by atoms with E-state index in [-0.39, 0.29) is 23.6 Å². The topological polar surface area (TPSA) is 132 Å². The lowest BCUT2D eigenvalue weighted by molar-refractivity contribution is -0.114. The minimum absolute atomic E-state index is 0.00622. The van der Waals surface area contributed by atoms with Crippen molar-refractivity contribution < 1.29 is 9.53 Å². The highest BCUT2D eigenvalue weighted by molar-refractivity contribution is 6.04. The number of methoxy groups -OCH3 is 1. The first kappa shape index (κ1) is 22.2. The van der Waals surface area contributed by atoms with Crippen molar-refractivity contribution in [1.29, 1.82) is 0 Å². The van der Waals surface area contributed by atoms with Crippen molar-refractivity contribution in [3.05, 3.63) is 23.2 Å². The summed E-state index contributed by atoms with van der Waals surface area (Å²) in [5, 5.41) is 3.78. The summed E-state index contributed by atoms with van der Waals surface area (Å²) < 4.78 is 5.76.